The van der Waals surface area contributed by atoms with Gasteiger partial charge in [-0.05, 0) is 43.2 Å². The van der Waals surface area contributed by atoms with E-state index in [2.05, 4.69) is 5.16 Å². The minimum absolute atomic E-state index is 0.166. The summed E-state index contributed by atoms with van der Waals surface area (Å²) in [4.78, 5) is 14.4. The summed E-state index contributed by atoms with van der Waals surface area (Å²) in [5.41, 5.74) is 2.33. The van der Waals surface area contributed by atoms with Gasteiger partial charge in [0.05, 0.1) is 13.7 Å². The first-order valence-corrected chi connectivity index (χ1v) is 9.18. The van der Waals surface area contributed by atoms with Crippen molar-refractivity contribution in [3.8, 4) is 17.0 Å². The minimum atomic E-state index is -1.04. The number of amides is 1. The molecule has 144 valence electrons. The van der Waals surface area contributed by atoms with E-state index in [-0.39, 0.29) is 18.2 Å². The second kappa shape index (κ2) is 7.13. The largest absolute Gasteiger partial charge is 0.497 e. The molecule has 1 saturated heterocycles. The van der Waals surface area contributed by atoms with Crippen LogP contribution in [0.1, 0.15) is 28.1 Å². The number of methoxy groups -OCH3 is 1. The molecule has 0 radical (unpaired) electrons. The highest BCUT2D eigenvalue weighted by molar-refractivity contribution is 5.92. The van der Waals surface area contributed by atoms with E-state index in [4.69, 9.17) is 9.26 Å². The molecule has 1 amide bonds. The first-order valence-electron chi connectivity index (χ1n) is 9.18. The van der Waals surface area contributed by atoms with Crippen molar-refractivity contribution in [2.24, 2.45) is 0 Å². The Labute approximate surface area is 163 Å². The van der Waals surface area contributed by atoms with Crippen LogP contribution < -0.4 is 4.74 Å². The molecule has 0 saturated carbocycles. The SMILES string of the molecule is COc1ccc(-c2cc(C(=O)N3CC[C@@](O)(c4ccc(C)cc4)C3)on2)cc1. The molecule has 1 fully saturated rings. The number of nitrogens with zero attached hydrogens (tertiary/aromatic N) is 2. The fraction of sp³-hybridized carbons (Fsp3) is 0.273. The maximum absolute atomic E-state index is 12.8. The van der Waals surface area contributed by atoms with Crippen molar-refractivity contribution < 1.29 is 19.2 Å². The maximum atomic E-state index is 12.8. The molecule has 1 atom stereocenters. The summed E-state index contributed by atoms with van der Waals surface area (Å²) in [5, 5.41) is 15.0. The van der Waals surface area contributed by atoms with Crippen LogP contribution in [0.2, 0.25) is 0 Å². The molecular weight excluding hydrogens is 356 g/mol. The Kier molecular flexibility index (Phi) is 4.65. The van der Waals surface area contributed by atoms with Crippen molar-refractivity contribution in [1.82, 2.24) is 10.1 Å². The zero-order chi connectivity index (χ0) is 19.7. The Morgan fingerprint density at radius 2 is 1.89 bits per heavy atom. The molecule has 3 aromatic rings. The maximum Gasteiger partial charge on any atom is 0.292 e. The molecular formula is C22H22N2O4. The average molecular weight is 378 g/mol. The van der Waals surface area contributed by atoms with Crippen LogP contribution in [0.5, 0.6) is 5.75 Å². The Morgan fingerprint density at radius 1 is 1.18 bits per heavy atom. The number of likely N-dealkylation sites (tertiary alicyclic amines) is 1. The molecule has 6 nitrogen and oxygen atoms in total. The van der Waals surface area contributed by atoms with Crippen molar-refractivity contribution in [3.63, 3.8) is 0 Å². The Morgan fingerprint density at radius 3 is 2.57 bits per heavy atom. The molecule has 28 heavy (non-hydrogen) atoms. The first-order chi connectivity index (χ1) is 13.5. The topological polar surface area (TPSA) is 75.8 Å². The van der Waals surface area contributed by atoms with Gasteiger partial charge in [0.2, 0.25) is 5.76 Å². The van der Waals surface area contributed by atoms with E-state index in [0.29, 0.717) is 18.7 Å². The van der Waals surface area contributed by atoms with Crippen LogP contribution in [0.25, 0.3) is 11.3 Å². The lowest BCUT2D eigenvalue weighted by Crippen LogP contribution is -2.34. The molecule has 1 aliphatic heterocycles. The van der Waals surface area contributed by atoms with Gasteiger partial charge in [0, 0.05) is 18.2 Å². The van der Waals surface area contributed by atoms with Crippen LogP contribution in [0.4, 0.5) is 0 Å². The van der Waals surface area contributed by atoms with E-state index in [1.807, 2.05) is 55.5 Å². The van der Waals surface area contributed by atoms with Gasteiger partial charge in [-0.1, -0.05) is 35.0 Å². The molecule has 0 unspecified atom stereocenters. The number of aliphatic hydroxyl groups is 1. The van der Waals surface area contributed by atoms with Gasteiger partial charge in [-0.3, -0.25) is 4.79 Å². The van der Waals surface area contributed by atoms with Gasteiger partial charge in [0.15, 0.2) is 0 Å². The summed E-state index contributed by atoms with van der Waals surface area (Å²) in [6, 6.07) is 16.8. The van der Waals surface area contributed by atoms with E-state index in [9.17, 15) is 9.90 Å². The van der Waals surface area contributed by atoms with E-state index in [0.717, 1.165) is 22.4 Å². The molecule has 2 aromatic carbocycles. The second-order valence-electron chi connectivity index (χ2n) is 7.18. The molecule has 2 heterocycles. The van der Waals surface area contributed by atoms with Gasteiger partial charge >= 0.3 is 0 Å². The number of aromatic nitrogens is 1. The van der Waals surface area contributed by atoms with E-state index in [1.54, 1.807) is 18.1 Å². The van der Waals surface area contributed by atoms with Crippen LogP contribution >= 0.6 is 0 Å². The third-order valence-corrected chi connectivity index (χ3v) is 5.23. The van der Waals surface area contributed by atoms with Gasteiger partial charge < -0.3 is 19.3 Å². The van der Waals surface area contributed by atoms with Crippen LogP contribution in [0, 0.1) is 6.92 Å². The molecule has 1 N–H and O–H groups in total. The third kappa shape index (κ3) is 3.39. The summed E-state index contributed by atoms with van der Waals surface area (Å²) >= 11 is 0. The van der Waals surface area contributed by atoms with Crippen LogP contribution in [0.15, 0.2) is 59.1 Å². The van der Waals surface area contributed by atoms with Gasteiger partial charge in [0.25, 0.3) is 5.91 Å². The standard InChI is InChI=1S/C22H22N2O4/c1-15-3-7-17(8-4-15)22(26)11-12-24(14-22)21(25)20-13-19(23-28-20)16-5-9-18(27-2)10-6-16/h3-10,13,26H,11-12,14H2,1-2H3/t22-/m0/s1. The van der Waals surface area contributed by atoms with Gasteiger partial charge in [-0.25, -0.2) is 0 Å². The molecule has 0 spiro atoms. The van der Waals surface area contributed by atoms with Crippen molar-refractivity contribution in [1.29, 1.82) is 0 Å². The van der Waals surface area contributed by atoms with Crippen LogP contribution in [-0.4, -0.2) is 41.3 Å². The number of aryl methyl sites for hydroxylation is 1. The first kappa shape index (κ1) is 18.3. The molecule has 0 aliphatic carbocycles. The van der Waals surface area contributed by atoms with Crippen molar-refractivity contribution in [2.45, 2.75) is 18.9 Å². The second-order valence-corrected chi connectivity index (χ2v) is 7.18. The monoisotopic (exact) mass is 378 g/mol. The fourth-order valence-electron chi connectivity index (χ4n) is 3.50. The van der Waals surface area contributed by atoms with E-state index >= 15 is 0 Å². The zero-order valence-electron chi connectivity index (χ0n) is 15.9. The highest BCUT2D eigenvalue weighted by Crippen LogP contribution is 2.33. The number of hydrogen-bond acceptors (Lipinski definition) is 5. The summed E-state index contributed by atoms with van der Waals surface area (Å²) in [7, 11) is 1.61. The summed E-state index contributed by atoms with van der Waals surface area (Å²) < 4.78 is 10.4. The lowest BCUT2D eigenvalue weighted by molar-refractivity contribution is 0.0404. The van der Waals surface area contributed by atoms with Crippen LogP contribution in [0.3, 0.4) is 0 Å². The fourth-order valence-corrected chi connectivity index (χ4v) is 3.50. The van der Waals surface area contributed by atoms with Crippen LogP contribution in [-0.2, 0) is 5.60 Å². The lowest BCUT2D eigenvalue weighted by Gasteiger charge is -2.23. The highest BCUT2D eigenvalue weighted by Gasteiger charge is 2.40. The molecule has 1 aromatic heterocycles. The zero-order valence-corrected chi connectivity index (χ0v) is 15.9. The number of rotatable bonds is 4. The summed E-state index contributed by atoms with van der Waals surface area (Å²) in [5.74, 6) is 0.644. The third-order valence-electron chi connectivity index (χ3n) is 5.23. The molecule has 6 heteroatoms. The average Bonchev–Trinajstić information content (AvgIpc) is 3.36. The highest BCUT2D eigenvalue weighted by atomic mass is 16.5. The van der Waals surface area contributed by atoms with Gasteiger partial charge in [0.1, 0.15) is 17.0 Å². The van der Waals surface area contributed by atoms with Crippen molar-refractivity contribution >= 4 is 5.91 Å². The summed E-state index contributed by atoms with van der Waals surface area (Å²) in [6.07, 6.45) is 0.487. The van der Waals surface area contributed by atoms with E-state index in [1.165, 1.54) is 0 Å². The van der Waals surface area contributed by atoms with Gasteiger partial charge in [-0.2, -0.15) is 0 Å². The number of benzene rings is 2. The molecule has 1 aliphatic rings. The van der Waals surface area contributed by atoms with Crippen molar-refractivity contribution in [2.75, 3.05) is 20.2 Å². The van der Waals surface area contributed by atoms with Gasteiger partial charge in [-0.15, -0.1) is 0 Å². The number of hydrogen-bond donors (Lipinski definition) is 1. The molecule has 4 rings (SSSR count). The Hall–Kier alpha value is -3.12. The normalized spacial score (nSPS) is 19.0. The van der Waals surface area contributed by atoms with E-state index < -0.39 is 5.60 Å². The number of carbonyl (C=O) groups excluding carboxylic acids is 1. The smallest absolute Gasteiger partial charge is 0.292 e. The predicted molar refractivity (Wildman–Crippen MR) is 104 cm³/mol. The predicted octanol–water partition coefficient (Wildman–Crippen LogP) is 3.39. The number of β-amino-alcohol motifs (C(OH)–C–C–N with tert-alkyl or cyclic N) is 1. The number of carbonyl (C=O) groups is 1. The Balaban J connectivity index is 1.49. The van der Waals surface area contributed by atoms with Crippen molar-refractivity contribution in [3.05, 3.63) is 71.5 Å². The molecule has 0 bridgehead atoms. The lowest BCUT2D eigenvalue weighted by atomic mass is 9.92. The Bertz CT molecular complexity index is 979. The minimum Gasteiger partial charge on any atom is -0.497 e. The summed E-state index contributed by atoms with van der Waals surface area (Å²) in [6.45, 7) is 2.69. The number of ether oxygens (including phenoxy) is 1. The quantitative estimate of drug-likeness (QED) is 0.753.